The van der Waals surface area contributed by atoms with Gasteiger partial charge < -0.3 is 39.4 Å². The van der Waals surface area contributed by atoms with E-state index in [-0.39, 0.29) is 26.1 Å². The monoisotopic (exact) mass is 801 g/mol. The molecule has 0 radical (unpaired) electrons. The van der Waals surface area contributed by atoms with E-state index in [1.165, 1.54) is 0 Å². The lowest BCUT2D eigenvalue weighted by atomic mass is 9.99. The number of aliphatic hydroxyl groups is 4. The number of hydrogen-bond acceptors (Lipinski definition) is 10. The summed E-state index contributed by atoms with van der Waals surface area (Å²) in [6, 6.07) is 0. The van der Waals surface area contributed by atoms with Crippen LogP contribution in [0.4, 0.5) is 0 Å². The van der Waals surface area contributed by atoms with Crippen molar-refractivity contribution in [3.8, 4) is 0 Å². The Morgan fingerprint density at radius 1 is 0.544 bits per heavy atom. The molecule has 6 atom stereocenters. The molecule has 10 nitrogen and oxygen atoms in total. The second-order valence-electron chi connectivity index (χ2n) is 14.4. The molecule has 10 heteroatoms. The summed E-state index contributed by atoms with van der Waals surface area (Å²) in [7, 11) is 0. The van der Waals surface area contributed by atoms with Gasteiger partial charge in [-0.25, -0.2) is 0 Å². The summed E-state index contributed by atoms with van der Waals surface area (Å²) in [5, 5.41) is 40.0. The summed E-state index contributed by atoms with van der Waals surface area (Å²) in [5.74, 6) is -0.867. The number of hydrogen-bond donors (Lipinski definition) is 4. The maximum Gasteiger partial charge on any atom is 0.306 e. The number of carbonyl (C=O) groups is 2. The van der Waals surface area contributed by atoms with E-state index in [2.05, 4.69) is 98.9 Å². The van der Waals surface area contributed by atoms with Crippen molar-refractivity contribution >= 4 is 11.9 Å². The number of carbonyl (C=O) groups excluding carboxylic acids is 2. The lowest BCUT2D eigenvalue weighted by molar-refractivity contribution is -0.305. The van der Waals surface area contributed by atoms with Crippen LogP contribution < -0.4 is 0 Å². The SMILES string of the molecule is CC/C=C\C/C=C\C/C=C\C/C=C\CCCCCCCCC(=O)OC(COC(=O)CCCCC/C=C\C/C=C\C/C=C\CC)COC1OC(CO)C(O)C(O)C1O. The minimum absolute atomic E-state index is 0.202. The van der Waals surface area contributed by atoms with Gasteiger partial charge in [0.2, 0.25) is 0 Å². The Bertz CT molecular complexity index is 1200. The van der Waals surface area contributed by atoms with Crippen molar-refractivity contribution in [1.82, 2.24) is 0 Å². The number of unbranched alkanes of at least 4 members (excludes halogenated alkanes) is 9. The van der Waals surface area contributed by atoms with Gasteiger partial charge in [-0.1, -0.05) is 131 Å². The van der Waals surface area contributed by atoms with Gasteiger partial charge in [0, 0.05) is 12.8 Å². The van der Waals surface area contributed by atoms with E-state index in [4.69, 9.17) is 18.9 Å². The highest BCUT2D eigenvalue weighted by atomic mass is 16.7. The van der Waals surface area contributed by atoms with E-state index >= 15 is 0 Å². The molecule has 0 aromatic carbocycles. The van der Waals surface area contributed by atoms with Crippen LogP contribution in [-0.2, 0) is 28.5 Å². The molecule has 0 amide bonds. The van der Waals surface area contributed by atoms with Gasteiger partial charge in [-0.3, -0.25) is 9.59 Å². The van der Waals surface area contributed by atoms with Crippen LogP contribution in [0, 0.1) is 0 Å². The van der Waals surface area contributed by atoms with Crippen molar-refractivity contribution in [3.05, 3.63) is 85.1 Å². The zero-order valence-corrected chi connectivity index (χ0v) is 35.0. The normalized spacial score (nSPS) is 21.1. The third-order valence-electron chi connectivity index (χ3n) is 9.28. The van der Waals surface area contributed by atoms with Crippen LogP contribution in [-0.4, -0.2) is 89.0 Å². The van der Waals surface area contributed by atoms with Gasteiger partial charge in [0.25, 0.3) is 0 Å². The highest BCUT2D eigenvalue weighted by molar-refractivity contribution is 5.70. The molecule has 0 aliphatic carbocycles. The predicted molar refractivity (Wildman–Crippen MR) is 228 cm³/mol. The summed E-state index contributed by atoms with van der Waals surface area (Å²) in [6.07, 6.45) is 40.2. The molecule has 1 fully saturated rings. The maximum absolute atomic E-state index is 12.8. The quantitative estimate of drug-likeness (QED) is 0.0282. The lowest BCUT2D eigenvalue weighted by Crippen LogP contribution is -2.59. The molecular formula is C47H76O10. The minimum atomic E-state index is -1.61. The van der Waals surface area contributed by atoms with Crippen molar-refractivity contribution in [2.75, 3.05) is 19.8 Å². The molecule has 0 bridgehead atoms. The van der Waals surface area contributed by atoms with Gasteiger partial charge in [-0.2, -0.15) is 0 Å². The molecule has 0 aromatic heterocycles. The molecular weight excluding hydrogens is 725 g/mol. The van der Waals surface area contributed by atoms with Crippen molar-refractivity contribution in [1.29, 1.82) is 0 Å². The first-order valence-corrected chi connectivity index (χ1v) is 21.7. The van der Waals surface area contributed by atoms with Gasteiger partial charge in [0.05, 0.1) is 13.2 Å². The van der Waals surface area contributed by atoms with Gasteiger partial charge in [-0.05, 0) is 83.5 Å². The van der Waals surface area contributed by atoms with Crippen molar-refractivity contribution in [3.63, 3.8) is 0 Å². The van der Waals surface area contributed by atoms with Crippen LogP contribution >= 0.6 is 0 Å². The van der Waals surface area contributed by atoms with E-state index in [0.29, 0.717) is 12.8 Å². The summed E-state index contributed by atoms with van der Waals surface area (Å²) in [6.45, 7) is 3.12. The van der Waals surface area contributed by atoms with Crippen LogP contribution in [0.15, 0.2) is 85.1 Å². The number of ether oxygens (including phenoxy) is 4. The second kappa shape index (κ2) is 37.2. The highest BCUT2D eigenvalue weighted by Gasteiger charge is 2.44. The summed E-state index contributed by atoms with van der Waals surface area (Å²) < 4.78 is 22.1. The van der Waals surface area contributed by atoms with Gasteiger partial charge in [0.15, 0.2) is 12.4 Å². The Hall–Kier alpha value is -3.12. The van der Waals surface area contributed by atoms with Crippen LogP contribution in [0.5, 0.6) is 0 Å². The second-order valence-corrected chi connectivity index (χ2v) is 14.4. The number of aliphatic hydroxyl groups excluding tert-OH is 4. The first-order valence-electron chi connectivity index (χ1n) is 21.7. The Balaban J connectivity index is 2.37. The first-order chi connectivity index (χ1) is 27.8. The van der Waals surface area contributed by atoms with Gasteiger partial charge >= 0.3 is 11.9 Å². The summed E-state index contributed by atoms with van der Waals surface area (Å²) >= 11 is 0. The molecule has 0 spiro atoms. The van der Waals surface area contributed by atoms with Crippen molar-refractivity contribution < 1.29 is 49.0 Å². The zero-order chi connectivity index (χ0) is 41.6. The van der Waals surface area contributed by atoms with Gasteiger partial charge in [-0.15, -0.1) is 0 Å². The van der Waals surface area contributed by atoms with Crippen LogP contribution in [0.25, 0.3) is 0 Å². The third-order valence-corrected chi connectivity index (χ3v) is 9.28. The molecule has 1 saturated heterocycles. The number of esters is 2. The largest absolute Gasteiger partial charge is 0.462 e. The summed E-state index contributed by atoms with van der Waals surface area (Å²) in [5.41, 5.74) is 0. The van der Waals surface area contributed by atoms with Crippen molar-refractivity contribution in [2.24, 2.45) is 0 Å². The Labute approximate surface area is 344 Å². The topological polar surface area (TPSA) is 152 Å². The minimum Gasteiger partial charge on any atom is -0.462 e. The van der Waals surface area contributed by atoms with E-state index in [0.717, 1.165) is 103 Å². The number of rotatable bonds is 34. The van der Waals surface area contributed by atoms with Gasteiger partial charge in [0.1, 0.15) is 31.0 Å². The molecule has 1 rings (SSSR count). The molecule has 4 N–H and O–H groups in total. The molecule has 0 aromatic rings. The summed E-state index contributed by atoms with van der Waals surface area (Å²) in [4.78, 5) is 25.3. The van der Waals surface area contributed by atoms with E-state index in [1.54, 1.807) is 0 Å². The molecule has 1 aliphatic heterocycles. The Morgan fingerprint density at radius 2 is 0.982 bits per heavy atom. The average Bonchev–Trinajstić information content (AvgIpc) is 3.21. The molecule has 57 heavy (non-hydrogen) atoms. The van der Waals surface area contributed by atoms with E-state index < -0.39 is 55.4 Å². The standard InChI is InChI=1S/C47H76O10/c1-3-5-7-9-11-13-15-17-18-19-20-21-22-24-26-28-30-32-34-36-43(50)56-40(39-55-47-46(53)45(52)44(51)41(37-48)57-47)38-54-42(49)35-33-31-29-27-25-23-16-14-12-10-8-6-4-2/h5-8,11-14,17-18,20-21,23,25,40-41,44-48,51-53H,3-4,9-10,15-16,19,22,24,26-39H2,1-2H3/b7-5-,8-6-,13-11-,14-12-,18-17-,21-20-,25-23-. The average molecular weight is 801 g/mol. The van der Waals surface area contributed by atoms with Crippen LogP contribution in [0.3, 0.4) is 0 Å². The lowest BCUT2D eigenvalue weighted by Gasteiger charge is -2.39. The Kier molecular flexibility index (Phi) is 33.8. The van der Waals surface area contributed by atoms with Crippen LogP contribution in [0.2, 0.25) is 0 Å². The van der Waals surface area contributed by atoms with Crippen molar-refractivity contribution in [2.45, 2.75) is 179 Å². The molecule has 1 aliphatic rings. The maximum atomic E-state index is 12.8. The molecule has 1 heterocycles. The zero-order valence-electron chi connectivity index (χ0n) is 35.0. The fourth-order valence-electron chi connectivity index (χ4n) is 5.90. The van der Waals surface area contributed by atoms with E-state index in [1.807, 2.05) is 0 Å². The highest BCUT2D eigenvalue weighted by Crippen LogP contribution is 2.22. The Morgan fingerprint density at radius 3 is 1.49 bits per heavy atom. The molecule has 324 valence electrons. The smallest absolute Gasteiger partial charge is 0.306 e. The first kappa shape index (κ1) is 51.9. The molecule has 6 unspecified atom stereocenters. The fraction of sp³-hybridized carbons (Fsp3) is 0.660. The predicted octanol–water partition coefficient (Wildman–Crippen LogP) is 8.99. The third kappa shape index (κ3) is 28.9. The van der Waals surface area contributed by atoms with Crippen LogP contribution in [0.1, 0.15) is 142 Å². The number of allylic oxidation sites excluding steroid dienone is 14. The molecule has 0 saturated carbocycles. The fourth-order valence-corrected chi connectivity index (χ4v) is 5.90. The van der Waals surface area contributed by atoms with E-state index in [9.17, 15) is 30.0 Å².